The maximum atomic E-state index is 5.95. The van der Waals surface area contributed by atoms with E-state index in [-0.39, 0.29) is 0 Å². The van der Waals surface area contributed by atoms with E-state index in [1.165, 1.54) is 0 Å². The van der Waals surface area contributed by atoms with Gasteiger partial charge >= 0.3 is 0 Å². The molecule has 6 nitrogen and oxygen atoms in total. The Morgan fingerprint density at radius 3 is 2.72 bits per heavy atom. The fourth-order valence-corrected chi connectivity index (χ4v) is 1.75. The normalized spacial score (nSPS) is 11.1. The largest absolute Gasteiger partial charge is 0.311 e. The molecule has 0 unspecified atom stereocenters. The monoisotopic (exact) mass is 268 g/mol. The molecule has 0 atom stereocenters. The van der Waals surface area contributed by atoms with Crippen molar-refractivity contribution in [3.63, 3.8) is 0 Å². The van der Waals surface area contributed by atoms with Gasteiger partial charge in [0.25, 0.3) is 0 Å². The second-order valence-electron chi connectivity index (χ2n) is 4.08. The topological polar surface area (TPSA) is 60.6 Å². The highest BCUT2D eigenvalue weighted by atomic mass is 35.5. The van der Waals surface area contributed by atoms with Crippen molar-refractivity contribution in [2.24, 2.45) is 0 Å². The van der Waals surface area contributed by atoms with Crippen LogP contribution >= 0.6 is 11.6 Å². The number of rotatable bonds is 6. The van der Waals surface area contributed by atoms with Crippen LogP contribution in [-0.4, -0.2) is 31.3 Å². The van der Waals surface area contributed by atoms with E-state index >= 15 is 0 Å². The van der Waals surface area contributed by atoms with Gasteiger partial charge in [-0.2, -0.15) is 5.10 Å². The van der Waals surface area contributed by atoms with Crippen molar-refractivity contribution in [2.45, 2.75) is 33.5 Å². The van der Waals surface area contributed by atoms with Gasteiger partial charge in [-0.15, -0.1) is 5.10 Å². The van der Waals surface area contributed by atoms with E-state index < -0.39 is 0 Å². The summed E-state index contributed by atoms with van der Waals surface area (Å²) in [5.74, 6) is 0. The lowest BCUT2D eigenvalue weighted by molar-refractivity contribution is 0.488. The molecule has 2 rings (SSSR count). The molecule has 0 saturated carbocycles. The van der Waals surface area contributed by atoms with Crippen molar-refractivity contribution in [3.05, 3.63) is 28.8 Å². The minimum atomic E-state index is 0.696. The van der Waals surface area contributed by atoms with E-state index in [0.29, 0.717) is 5.02 Å². The van der Waals surface area contributed by atoms with Gasteiger partial charge in [-0.3, -0.25) is 9.36 Å². The smallest absolute Gasteiger partial charge is 0.0964 e. The molecular weight excluding hydrogens is 252 g/mol. The molecule has 0 saturated heterocycles. The molecule has 0 bridgehead atoms. The zero-order valence-electron chi connectivity index (χ0n) is 10.6. The van der Waals surface area contributed by atoms with Crippen LogP contribution in [0.2, 0.25) is 5.02 Å². The summed E-state index contributed by atoms with van der Waals surface area (Å²) in [7, 11) is 0. The summed E-state index contributed by atoms with van der Waals surface area (Å²) in [5, 5.41) is 16.3. The summed E-state index contributed by atoms with van der Waals surface area (Å²) in [6.07, 6.45) is 3.77. The summed E-state index contributed by atoms with van der Waals surface area (Å²) in [6.45, 7) is 7.10. The van der Waals surface area contributed by atoms with Crippen LogP contribution in [0.4, 0.5) is 0 Å². The highest BCUT2D eigenvalue weighted by Gasteiger charge is 2.03. The molecule has 1 N–H and O–H groups in total. The zero-order chi connectivity index (χ0) is 13.0. The molecule has 2 heterocycles. The van der Waals surface area contributed by atoms with Gasteiger partial charge in [-0.25, -0.2) is 0 Å². The molecule has 0 aliphatic carbocycles. The summed E-state index contributed by atoms with van der Waals surface area (Å²) >= 11 is 5.95. The number of aromatic nitrogens is 5. The van der Waals surface area contributed by atoms with Crippen molar-refractivity contribution >= 4 is 11.6 Å². The first kappa shape index (κ1) is 13.0. The quantitative estimate of drug-likeness (QED) is 0.857. The van der Waals surface area contributed by atoms with Gasteiger partial charge in [-0.1, -0.05) is 23.7 Å². The Balaban J connectivity index is 1.88. The Kier molecular flexibility index (Phi) is 4.33. The van der Waals surface area contributed by atoms with Crippen molar-refractivity contribution in [1.82, 2.24) is 30.1 Å². The Bertz CT molecular complexity index is 484. The van der Waals surface area contributed by atoms with Crippen molar-refractivity contribution < 1.29 is 0 Å². The van der Waals surface area contributed by atoms with Crippen molar-refractivity contribution in [2.75, 3.05) is 6.54 Å². The first-order valence-electron chi connectivity index (χ1n) is 5.98. The van der Waals surface area contributed by atoms with Crippen LogP contribution in [0.3, 0.4) is 0 Å². The van der Waals surface area contributed by atoms with Crippen LogP contribution in [0.5, 0.6) is 0 Å². The van der Waals surface area contributed by atoms with E-state index in [1.807, 2.05) is 28.7 Å². The third-order valence-corrected chi connectivity index (χ3v) is 2.96. The molecule has 18 heavy (non-hydrogen) atoms. The molecule has 7 heteroatoms. The maximum Gasteiger partial charge on any atom is 0.0964 e. The number of nitrogens with zero attached hydrogens (tertiary/aromatic N) is 5. The second kappa shape index (κ2) is 5.97. The second-order valence-corrected chi connectivity index (χ2v) is 4.49. The van der Waals surface area contributed by atoms with Gasteiger partial charge in [0.1, 0.15) is 0 Å². The predicted octanol–water partition coefficient (Wildman–Crippen LogP) is 1.25. The van der Waals surface area contributed by atoms with Crippen LogP contribution in [-0.2, 0) is 19.6 Å². The van der Waals surface area contributed by atoms with E-state index in [2.05, 4.69) is 27.7 Å². The SMILES string of the molecule is CCNCc1cn(CCn2cc(Cl)c(C)n2)nn1. The lowest BCUT2D eigenvalue weighted by Crippen LogP contribution is -2.12. The summed E-state index contributed by atoms with van der Waals surface area (Å²) in [6, 6.07) is 0. The summed E-state index contributed by atoms with van der Waals surface area (Å²) in [5.41, 5.74) is 1.80. The Morgan fingerprint density at radius 2 is 2.06 bits per heavy atom. The van der Waals surface area contributed by atoms with Crippen LogP contribution in [0.15, 0.2) is 12.4 Å². The highest BCUT2D eigenvalue weighted by Crippen LogP contribution is 2.11. The van der Waals surface area contributed by atoms with Gasteiger partial charge in [0, 0.05) is 18.9 Å². The maximum absolute atomic E-state index is 5.95. The van der Waals surface area contributed by atoms with Gasteiger partial charge in [-0.05, 0) is 13.5 Å². The summed E-state index contributed by atoms with van der Waals surface area (Å²) in [4.78, 5) is 0. The zero-order valence-corrected chi connectivity index (χ0v) is 11.4. The lowest BCUT2D eigenvalue weighted by atomic mass is 10.4. The Hall–Kier alpha value is -1.40. The van der Waals surface area contributed by atoms with E-state index in [4.69, 9.17) is 11.6 Å². The first-order chi connectivity index (χ1) is 8.69. The summed E-state index contributed by atoms with van der Waals surface area (Å²) < 4.78 is 3.64. The van der Waals surface area contributed by atoms with Crippen molar-refractivity contribution in [1.29, 1.82) is 0 Å². The minimum Gasteiger partial charge on any atom is -0.311 e. The van der Waals surface area contributed by atoms with Gasteiger partial charge in [0.2, 0.25) is 0 Å². The molecule has 0 amide bonds. The van der Waals surface area contributed by atoms with Crippen molar-refractivity contribution in [3.8, 4) is 0 Å². The molecule has 0 aliphatic rings. The minimum absolute atomic E-state index is 0.696. The van der Waals surface area contributed by atoms with Gasteiger partial charge in [0.05, 0.1) is 29.5 Å². The van der Waals surface area contributed by atoms with E-state index in [0.717, 1.165) is 37.6 Å². The third-order valence-electron chi connectivity index (χ3n) is 2.59. The predicted molar refractivity (Wildman–Crippen MR) is 69.4 cm³/mol. The number of hydrogen-bond donors (Lipinski definition) is 1. The molecular formula is C11H17ClN6. The van der Waals surface area contributed by atoms with E-state index in [1.54, 1.807) is 0 Å². The van der Waals surface area contributed by atoms with Crippen LogP contribution < -0.4 is 5.32 Å². The molecule has 98 valence electrons. The number of halogens is 1. The molecule has 0 spiro atoms. The Morgan fingerprint density at radius 1 is 1.28 bits per heavy atom. The number of aryl methyl sites for hydroxylation is 3. The van der Waals surface area contributed by atoms with Gasteiger partial charge in [0.15, 0.2) is 0 Å². The van der Waals surface area contributed by atoms with Crippen LogP contribution in [0, 0.1) is 6.92 Å². The first-order valence-corrected chi connectivity index (χ1v) is 6.36. The lowest BCUT2D eigenvalue weighted by Gasteiger charge is -2.00. The van der Waals surface area contributed by atoms with Gasteiger partial charge < -0.3 is 5.32 Å². The standard InChI is InChI=1S/C11H17ClN6/c1-3-13-6-10-7-18(16-14-10)5-4-17-8-11(12)9(2)15-17/h7-8,13H,3-6H2,1-2H3. The molecule has 0 aliphatic heterocycles. The fraction of sp³-hybridized carbons (Fsp3) is 0.545. The highest BCUT2D eigenvalue weighted by molar-refractivity contribution is 6.31. The number of hydrogen-bond acceptors (Lipinski definition) is 4. The average Bonchev–Trinajstić information content (AvgIpc) is 2.92. The average molecular weight is 269 g/mol. The fourth-order valence-electron chi connectivity index (χ4n) is 1.59. The molecule has 2 aromatic rings. The van der Waals surface area contributed by atoms with Crippen LogP contribution in [0.1, 0.15) is 18.3 Å². The van der Waals surface area contributed by atoms with Crippen LogP contribution in [0.25, 0.3) is 0 Å². The third kappa shape index (κ3) is 3.30. The number of nitrogens with one attached hydrogen (secondary N) is 1. The van der Waals surface area contributed by atoms with E-state index in [9.17, 15) is 0 Å². The molecule has 2 aromatic heterocycles. The molecule has 0 aromatic carbocycles. The molecule has 0 fully saturated rings. The Labute approximate surface area is 111 Å². The molecule has 0 radical (unpaired) electrons.